The van der Waals surface area contributed by atoms with E-state index in [-0.39, 0.29) is 59.0 Å². The second-order valence-electron chi connectivity index (χ2n) is 13.9. The second-order valence-corrected chi connectivity index (χ2v) is 13.9. The zero-order valence-electron chi connectivity index (χ0n) is 35.1. The number of hydrogen-bond donors (Lipinski definition) is 0. The maximum Gasteiger partial charge on any atom is 0.143 e. The largest absolute Gasteiger partial charge is 0.455 e. The molecule has 0 atom stereocenters. The molecule has 1 aromatic heterocycles. The molecule has 0 saturated heterocycles. The smallest absolute Gasteiger partial charge is 0.143 e. The van der Waals surface area contributed by atoms with E-state index in [9.17, 15) is 5.48 Å². The third-order valence-electron chi connectivity index (χ3n) is 10.9. The van der Waals surface area contributed by atoms with E-state index >= 15 is 0 Å². The van der Waals surface area contributed by atoms with Gasteiger partial charge in [0.05, 0.1) is 8.22 Å². The molecule has 11 rings (SSSR count). The van der Waals surface area contributed by atoms with E-state index in [4.69, 9.17) is 7.16 Å². The molecule has 10 aromatic carbocycles. The average molecular weight is 693 g/mol. The van der Waals surface area contributed by atoms with Gasteiger partial charge in [0.25, 0.3) is 0 Å². The summed E-state index contributed by atoms with van der Waals surface area (Å²) >= 11 is 0. The van der Waals surface area contributed by atoms with E-state index in [1.54, 1.807) is 0 Å². The highest BCUT2D eigenvalue weighted by Gasteiger charge is 2.18. The topological polar surface area (TPSA) is 13.1 Å². The lowest BCUT2D eigenvalue weighted by Crippen LogP contribution is -1.97. The summed E-state index contributed by atoms with van der Waals surface area (Å²) in [5.41, 5.74) is 7.64. The number of rotatable bonds is 5. The molecule has 0 aliphatic carbocycles. The van der Waals surface area contributed by atoms with E-state index < -0.39 is 0 Å². The lowest BCUT2D eigenvalue weighted by atomic mass is 9.85. The van der Waals surface area contributed by atoms with Crippen LogP contribution >= 0.6 is 0 Å². The third-order valence-corrected chi connectivity index (χ3v) is 10.9. The van der Waals surface area contributed by atoms with E-state index in [2.05, 4.69) is 66.7 Å². The summed E-state index contributed by atoms with van der Waals surface area (Å²) in [6, 6.07) is 51.6. The molecule has 0 bridgehead atoms. The number of para-hydroxylation sites is 1. The van der Waals surface area contributed by atoms with Crippen molar-refractivity contribution in [3.05, 3.63) is 205 Å². The number of hydrogen-bond acceptors (Lipinski definition) is 1. The normalized spacial score (nSPS) is 13.3. The first-order valence-corrected chi connectivity index (χ1v) is 18.2. The minimum Gasteiger partial charge on any atom is -0.455 e. The molecular weight excluding hydrogens is 653 g/mol. The Hall–Kier alpha value is -6.96. The van der Waals surface area contributed by atoms with Crippen LogP contribution in [-0.2, 0) is 6.42 Å². The molecule has 0 saturated carbocycles. The van der Waals surface area contributed by atoms with Gasteiger partial charge >= 0.3 is 0 Å². The molecule has 1 heterocycles. The van der Waals surface area contributed by atoms with Gasteiger partial charge in [-0.1, -0.05) is 182 Å². The highest BCUT2D eigenvalue weighted by molar-refractivity contribution is 6.16. The minimum absolute atomic E-state index is 0.0780. The summed E-state index contributed by atoms with van der Waals surface area (Å²) in [5, 5.41) is 8.59. The Balaban J connectivity index is 1.15. The van der Waals surface area contributed by atoms with Crippen LogP contribution in [0.15, 0.2) is 198 Å². The van der Waals surface area contributed by atoms with Crippen LogP contribution in [0.4, 0.5) is 0 Å². The fraction of sp³-hybridized carbons (Fsp3) is 0.0189. The Morgan fingerprint density at radius 2 is 1.04 bits per heavy atom. The van der Waals surface area contributed by atoms with Crippen LogP contribution in [0.2, 0.25) is 0 Å². The molecule has 0 N–H and O–H groups in total. The van der Waals surface area contributed by atoms with Gasteiger partial charge in [-0.3, -0.25) is 0 Å². The summed E-state index contributed by atoms with van der Waals surface area (Å²) in [6.45, 7) is 0. The molecule has 0 aliphatic rings. The highest BCUT2D eigenvalue weighted by Crippen LogP contribution is 2.43. The maximum absolute atomic E-state index is 9.68. The predicted octanol–water partition coefficient (Wildman–Crippen LogP) is 14.8. The Kier molecular flexibility index (Phi) is 5.73. The molecule has 54 heavy (non-hydrogen) atoms. The zero-order chi connectivity index (χ0) is 40.8. The summed E-state index contributed by atoms with van der Waals surface area (Å²) in [4.78, 5) is 0. The molecular formula is C53H34O. The van der Waals surface area contributed by atoms with Gasteiger partial charge < -0.3 is 4.42 Å². The molecule has 0 aliphatic heterocycles. The molecule has 0 unspecified atom stereocenters. The SMILES string of the molecule is [2H]c1c([2H])c([2H])c2c(-c3ccc4c(c3)oc3c(-c5cccc6ccccc56)cccc34)c([2H])c([2H])c(Cc3c4ccccc4c(-c4ccccc4)c4ccccc34)c2c1[2H]. The van der Waals surface area contributed by atoms with E-state index in [0.29, 0.717) is 16.7 Å². The molecule has 0 radical (unpaired) electrons. The van der Waals surface area contributed by atoms with Crippen molar-refractivity contribution in [3.8, 4) is 33.4 Å². The summed E-state index contributed by atoms with van der Waals surface area (Å²) in [5.74, 6) is 0. The van der Waals surface area contributed by atoms with Crippen LogP contribution in [0.3, 0.4) is 0 Å². The number of furan rings is 1. The van der Waals surface area contributed by atoms with Crippen molar-refractivity contribution in [2.75, 3.05) is 0 Å². The lowest BCUT2D eigenvalue weighted by molar-refractivity contribution is 0.670. The molecule has 252 valence electrons. The Morgan fingerprint density at radius 1 is 0.407 bits per heavy atom. The molecule has 0 amide bonds. The van der Waals surface area contributed by atoms with Gasteiger partial charge in [-0.25, -0.2) is 0 Å². The molecule has 1 heteroatoms. The fourth-order valence-electron chi connectivity index (χ4n) is 8.47. The van der Waals surface area contributed by atoms with Gasteiger partial charge in [-0.05, 0) is 101 Å². The van der Waals surface area contributed by atoms with Crippen LogP contribution in [-0.4, -0.2) is 0 Å². The number of benzene rings is 10. The monoisotopic (exact) mass is 692 g/mol. The van der Waals surface area contributed by atoms with Crippen molar-refractivity contribution >= 4 is 65.0 Å². The van der Waals surface area contributed by atoms with Crippen molar-refractivity contribution in [1.29, 1.82) is 0 Å². The van der Waals surface area contributed by atoms with Crippen molar-refractivity contribution in [2.45, 2.75) is 6.42 Å². The predicted molar refractivity (Wildman–Crippen MR) is 229 cm³/mol. The minimum atomic E-state index is -0.385. The highest BCUT2D eigenvalue weighted by atomic mass is 16.3. The first-order chi connectivity index (χ1) is 29.3. The third kappa shape index (κ3) is 4.79. The Labute approximate surface area is 321 Å². The summed E-state index contributed by atoms with van der Waals surface area (Å²) < 4.78 is 62.3. The van der Waals surface area contributed by atoms with Crippen LogP contribution in [0.5, 0.6) is 0 Å². The molecule has 11 aromatic rings. The first kappa shape index (κ1) is 25.1. The standard InChI is InChI=1S/C53H34O/c1-2-15-35(16-3-1)52-46-23-10-8-21-43(46)50(44-22-9-11-24-47(44)52)32-36-28-30-40(41-20-7-6-19-39(36)41)37-29-31-45-49-27-13-26-48(53(49)54-51(45)33-37)42-25-12-17-34-14-4-5-18-38(34)42/h1-31,33H,32H2/i6D,7D,19D,20D,28D,30D. The molecule has 0 spiro atoms. The van der Waals surface area contributed by atoms with Crippen molar-refractivity contribution in [2.24, 2.45) is 0 Å². The fourth-order valence-corrected chi connectivity index (χ4v) is 8.47. The Morgan fingerprint density at radius 3 is 1.83 bits per heavy atom. The van der Waals surface area contributed by atoms with Crippen LogP contribution in [0.1, 0.15) is 19.4 Å². The zero-order valence-corrected chi connectivity index (χ0v) is 29.1. The van der Waals surface area contributed by atoms with Crippen LogP contribution in [0.25, 0.3) is 98.4 Å². The summed E-state index contributed by atoms with van der Waals surface area (Å²) in [7, 11) is 0. The number of fused-ring (bicyclic) bond motifs is 7. The van der Waals surface area contributed by atoms with Crippen LogP contribution in [0, 0.1) is 0 Å². The Bertz CT molecular complexity index is 3530. The maximum atomic E-state index is 9.68. The van der Waals surface area contributed by atoms with Crippen LogP contribution < -0.4 is 0 Å². The van der Waals surface area contributed by atoms with E-state index in [1.165, 1.54) is 0 Å². The lowest BCUT2D eigenvalue weighted by Gasteiger charge is -2.18. The van der Waals surface area contributed by atoms with E-state index in [0.717, 1.165) is 76.5 Å². The van der Waals surface area contributed by atoms with E-state index in [1.807, 2.05) is 91.0 Å². The summed E-state index contributed by atoms with van der Waals surface area (Å²) in [6.07, 6.45) is 0.180. The molecule has 1 nitrogen and oxygen atoms in total. The quantitative estimate of drug-likeness (QED) is 0.164. The van der Waals surface area contributed by atoms with Crippen molar-refractivity contribution < 1.29 is 12.6 Å². The van der Waals surface area contributed by atoms with Crippen molar-refractivity contribution in [3.63, 3.8) is 0 Å². The van der Waals surface area contributed by atoms with Gasteiger partial charge in [0, 0.05) is 16.3 Å². The van der Waals surface area contributed by atoms with Crippen molar-refractivity contribution in [1.82, 2.24) is 0 Å². The average Bonchev–Trinajstić information content (AvgIpc) is 3.67. The van der Waals surface area contributed by atoms with Gasteiger partial charge in [0.2, 0.25) is 0 Å². The first-order valence-electron chi connectivity index (χ1n) is 21.2. The second kappa shape index (κ2) is 12.3. The van der Waals surface area contributed by atoms with Gasteiger partial charge in [0.15, 0.2) is 0 Å². The van der Waals surface area contributed by atoms with Gasteiger partial charge in [0.1, 0.15) is 11.2 Å². The van der Waals surface area contributed by atoms with Gasteiger partial charge in [-0.15, -0.1) is 0 Å². The van der Waals surface area contributed by atoms with Gasteiger partial charge in [-0.2, -0.15) is 0 Å². The molecule has 0 fully saturated rings.